The van der Waals surface area contributed by atoms with E-state index in [1.807, 2.05) is 0 Å². The molecule has 0 aliphatic heterocycles. The molecule has 0 saturated carbocycles. The smallest absolute Gasteiger partial charge is 0.306 e. The van der Waals surface area contributed by atoms with Crippen LogP contribution in [0.1, 0.15) is 284 Å². The Morgan fingerprint density at radius 3 is 0.787 bits per heavy atom. The highest BCUT2D eigenvalue weighted by Gasteiger charge is 2.19. The van der Waals surface area contributed by atoms with Gasteiger partial charge in [-0.15, -0.1) is 0 Å². The van der Waals surface area contributed by atoms with E-state index in [0.717, 1.165) is 161 Å². The maximum Gasteiger partial charge on any atom is 0.306 e. The predicted molar refractivity (Wildman–Crippen MR) is 348 cm³/mol. The third-order valence-electron chi connectivity index (χ3n) is 13.5. The first-order valence-electron chi connectivity index (χ1n) is 32.8. The zero-order valence-corrected chi connectivity index (χ0v) is 51.8. The molecule has 0 rings (SSSR count). The largest absolute Gasteiger partial charge is 0.462 e. The Morgan fingerprint density at radius 2 is 0.487 bits per heavy atom. The summed E-state index contributed by atoms with van der Waals surface area (Å²) < 4.78 is 16.9. The van der Waals surface area contributed by atoms with Crippen molar-refractivity contribution in [2.24, 2.45) is 0 Å². The van der Waals surface area contributed by atoms with E-state index in [0.29, 0.717) is 19.3 Å². The molecule has 0 amide bonds. The number of ether oxygens (including phenoxy) is 3. The summed E-state index contributed by atoms with van der Waals surface area (Å²) in [5, 5.41) is 0. The molecule has 0 aliphatic carbocycles. The van der Waals surface area contributed by atoms with Crippen LogP contribution in [0.15, 0.2) is 146 Å². The van der Waals surface area contributed by atoms with Crippen molar-refractivity contribution in [1.82, 2.24) is 0 Å². The average molecular weight is 1110 g/mol. The minimum Gasteiger partial charge on any atom is -0.462 e. The van der Waals surface area contributed by atoms with Gasteiger partial charge in [-0.2, -0.15) is 0 Å². The summed E-state index contributed by atoms with van der Waals surface area (Å²) in [4.78, 5) is 38.2. The van der Waals surface area contributed by atoms with Crippen LogP contribution < -0.4 is 0 Å². The zero-order valence-electron chi connectivity index (χ0n) is 51.8. The Labute approximate surface area is 493 Å². The standard InChI is InChI=1S/C74H120O6/c1-4-7-10-13-16-19-22-25-27-28-29-30-31-32-33-34-35-36-37-38-39-40-41-42-43-44-45-46-47-50-52-55-58-61-64-67-73(76)79-70-71(69-78-72(75)66-63-60-57-54-51-48-24-21-18-15-12-9-6-3)80-74(77)68-65-62-59-56-53-49-26-23-20-17-14-11-8-5-2/h7,10,16,19,21,23-27,29-30,32-33,35-36,38-39,41-42,44-45,47,50,71H,4-6,8-9,11-15,17-18,20,22,28,31,34,37,40,43,46,48-49,51-70H2,1-3H3/b10-7-,19-16-,24-21-,26-23-,27-25-,30-29-,33-32-,36-35-,39-38-,42-41-,45-44-,50-47-. The van der Waals surface area contributed by atoms with E-state index in [1.54, 1.807) is 0 Å². The van der Waals surface area contributed by atoms with Crippen LogP contribution in [0.25, 0.3) is 0 Å². The van der Waals surface area contributed by atoms with Gasteiger partial charge in [0.1, 0.15) is 13.2 Å². The molecule has 0 fully saturated rings. The maximum absolute atomic E-state index is 12.9. The second-order valence-electron chi connectivity index (χ2n) is 21.3. The Balaban J connectivity index is 4.32. The molecule has 0 saturated heterocycles. The van der Waals surface area contributed by atoms with Gasteiger partial charge in [0.2, 0.25) is 0 Å². The van der Waals surface area contributed by atoms with Crippen molar-refractivity contribution in [1.29, 1.82) is 0 Å². The summed E-state index contributed by atoms with van der Waals surface area (Å²) in [6, 6.07) is 0. The van der Waals surface area contributed by atoms with Gasteiger partial charge in [0.15, 0.2) is 6.10 Å². The van der Waals surface area contributed by atoms with E-state index in [-0.39, 0.29) is 31.1 Å². The fourth-order valence-corrected chi connectivity index (χ4v) is 8.64. The number of hydrogen-bond donors (Lipinski definition) is 0. The van der Waals surface area contributed by atoms with Gasteiger partial charge in [-0.25, -0.2) is 0 Å². The van der Waals surface area contributed by atoms with Gasteiger partial charge in [-0.3, -0.25) is 14.4 Å². The van der Waals surface area contributed by atoms with Crippen molar-refractivity contribution in [3.05, 3.63) is 146 Å². The number of hydrogen-bond acceptors (Lipinski definition) is 6. The predicted octanol–water partition coefficient (Wildman–Crippen LogP) is 22.7. The van der Waals surface area contributed by atoms with Gasteiger partial charge < -0.3 is 14.2 Å². The highest BCUT2D eigenvalue weighted by Crippen LogP contribution is 2.14. The van der Waals surface area contributed by atoms with E-state index >= 15 is 0 Å². The first-order chi connectivity index (χ1) is 39.5. The first-order valence-corrected chi connectivity index (χ1v) is 32.8. The molecule has 1 unspecified atom stereocenters. The lowest BCUT2D eigenvalue weighted by molar-refractivity contribution is -0.167. The molecule has 1 atom stereocenters. The Morgan fingerprint density at radius 1 is 0.263 bits per heavy atom. The molecule has 6 heteroatoms. The maximum atomic E-state index is 12.9. The minimum absolute atomic E-state index is 0.0968. The van der Waals surface area contributed by atoms with Crippen LogP contribution in [0, 0.1) is 0 Å². The first kappa shape index (κ1) is 75.3. The molecule has 0 radical (unpaired) electrons. The monoisotopic (exact) mass is 1100 g/mol. The van der Waals surface area contributed by atoms with Crippen LogP contribution in [-0.2, 0) is 28.6 Å². The minimum atomic E-state index is -0.801. The Kier molecular flexibility index (Phi) is 62.9. The number of carbonyl (C=O) groups is 3. The molecule has 0 heterocycles. The van der Waals surface area contributed by atoms with E-state index < -0.39 is 6.10 Å². The third-order valence-corrected chi connectivity index (χ3v) is 13.5. The summed E-state index contributed by atoms with van der Waals surface area (Å²) in [6.45, 7) is 6.47. The summed E-state index contributed by atoms with van der Waals surface area (Å²) in [5.74, 6) is -0.940. The molecule has 0 aromatic carbocycles. The molecule has 452 valence electrons. The van der Waals surface area contributed by atoms with Gasteiger partial charge >= 0.3 is 17.9 Å². The number of rotatable bonds is 58. The molecule has 80 heavy (non-hydrogen) atoms. The van der Waals surface area contributed by atoms with Crippen LogP contribution in [0.3, 0.4) is 0 Å². The van der Waals surface area contributed by atoms with Gasteiger partial charge in [-0.1, -0.05) is 263 Å². The molecular weight excluding hydrogens is 985 g/mol. The number of esters is 3. The van der Waals surface area contributed by atoms with Crippen LogP contribution >= 0.6 is 0 Å². The van der Waals surface area contributed by atoms with Crippen LogP contribution in [0.5, 0.6) is 0 Å². The molecule has 0 aliphatic rings. The Hall–Kier alpha value is -4.71. The highest BCUT2D eigenvalue weighted by molar-refractivity contribution is 5.71. The van der Waals surface area contributed by atoms with Crippen LogP contribution in [0.2, 0.25) is 0 Å². The van der Waals surface area contributed by atoms with Crippen molar-refractivity contribution in [3.8, 4) is 0 Å². The van der Waals surface area contributed by atoms with Gasteiger partial charge in [0.25, 0.3) is 0 Å². The van der Waals surface area contributed by atoms with E-state index in [1.165, 1.54) is 83.5 Å². The lowest BCUT2D eigenvalue weighted by Crippen LogP contribution is -2.30. The van der Waals surface area contributed by atoms with Crippen LogP contribution in [0.4, 0.5) is 0 Å². The summed E-state index contributed by atoms with van der Waals surface area (Å²) in [7, 11) is 0. The lowest BCUT2D eigenvalue weighted by Gasteiger charge is -2.18. The van der Waals surface area contributed by atoms with Crippen molar-refractivity contribution in [3.63, 3.8) is 0 Å². The quantitative estimate of drug-likeness (QED) is 0.0261. The number of allylic oxidation sites excluding steroid dienone is 24. The lowest BCUT2D eigenvalue weighted by atomic mass is 10.1. The molecule has 6 nitrogen and oxygen atoms in total. The van der Waals surface area contributed by atoms with Crippen molar-refractivity contribution in [2.75, 3.05) is 13.2 Å². The molecular formula is C74H120O6. The normalized spacial score (nSPS) is 13.1. The summed E-state index contributed by atoms with van der Waals surface area (Å²) >= 11 is 0. The van der Waals surface area contributed by atoms with Gasteiger partial charge in [-0.05, 0) is 148 Å². The van der Waals surface area contributed by atoms with E-state index in [9.17, 15) is 14.4 Å². The highest BCUT2D eigenvalue weighted by atomic mass is 16.6. The molecule has 0 aromatic heterocycles. The number of carbonyl (C=O) groups excluding carboxylic acids is 3. The summed E-state index contributed by atoms with van der Waals surface area (Å²) in [6.07, 6.45) is 95.7. The van der Waals surface area contributed by atoms with Crippen LogP contribution in [-0.4, -0.2) is 37.2 Å². The number of unbranched alkanes of at least 4 members (excludes halogenated alkanes) is 23. The van der Waals surface area contributed by atoms with E-state index in [4.69, 9.17) is 14.2 Å². The van der Waals surface area contributed by atoms with Gasteiger partial charge in [0.05, 0.1) is 0 Å². The zero-order chi connectivity index (χ0) is 57.8. The molecule has 0 N–H and O–H groups in total. The second-order valence-corrected chi connectivity index (χ2v) is 21.3. The third kappa shape index (κ3) is 64.1. The van der Waals surface area contributed by atoms with Crippen molar-refractivity contribution < 1.29 is 28.6 Å². The molecule has 0 bridgehead atoms. The van der Waals surface area contributed by atoms with E-state index in [2.05, 4.69) is 167 Å². The molecule has 0 aromatic rings. The van der Waals surface area contributed by atoms with Crippen molar-refractivity contribution >= 4 is 17.9 Å². The topological polar surface area (TPSA) is 78.9 Å². The van der Waals surface area contributed by atoms with Gasteiger partial charge in [0, 0.05) is 19.3 Å². The second kappa shape index (κ2) is 66.8. The summed E-state index contributed by atoms with van der Waals surface area (Å²) in [5.41, 5.74) is 0. The fraction of sp³-hybridized carbons (Fsp3) is 0.635. The average Bonchev–Trinajstić information content (AvgIpc) is 3.46. The Bertz CT molecular complexity index is 1750. The SMILES string of the molecule is CC/C=C\C/C=C\C/C=C\C/C=C\C/C=C\C/C=C\C/C=C\C/C=C\C/C=C\C/C=C\CCCCCCC(=O)OCC(COC(=O)CCCCCCC/C=C\CCCCCC)OC(=O)CCCCCCC/C=C\CCCCCCC. The van der Waals surface area contributed by atoms with Crippen molar-refractivity contribution in [2.45, 2.75) is 290 Å². The molecule has 0 spiro atoms. The fourth-order valence-electron chi connectivity index (χ4n) is 8.64.